The molecular formula is C19H19N3O2. The number of nitrogens with one attached hydrogen (secondary N) is 1. The Labute approximate surface area is 140 Å². The molecule has 0 spiro atoms. The van der Waals surface area contributed by atoms with Gasteiger partial charge < -0.3 is 9.30 Å². The van der Waals surface area contributed by atoms with Crippen molar-refractivity contribution >= 4 is 22.9 Å². The molecule has 2 aromatic carbocycles. The average Bonchev–Trinajstić information content (AvgIpc) is 3.25. The highest BCUT2D eigenvalue weighted by atomic mass is 16.5. The third-order valence-corrected chi connectivity index (χ3v) is 4.30. The van der Waals surface area contributed by atoms with Gasteiger partial charge in [0, 0.05) is 6.61 Å². The first-order valence-electron chi connectivity index (χ1n) is 8.23. The Balaban J connectivity index is 1.68. The molecule has 4 rings (SSSR count). The van der Waals surface area contributed by atoms with Gasteiger partial charge in [-0.25, -0.2) is 4.98 Å². The number of aromatic nitrogens is 2. The molecule has 1 aliphatic rings. The Morgan fingerprint density at radius 2 is 1.96 bits per heavy atom. The molecule has 5 nitrogen and oxygen atoms in total. The van der Waals surface area contributed by atoms with E-state index in [2.05, 4.69) is 22.4 Å². The summed E-state index contributed by atoms with van der Waals surface area (Å²) < 4.78 is 7.51. The van der Waals surface area contributed by atoms with Gasteiger partial charge in [0.1, 0.15) is 6.10 Å². The zero-order valence-electron chi connectivity index (χ0n) is 13.3. The molecule has 0 aliphatic carbocycles. The number of anilines is 1. The van der Waals surface area contributed by atoms with Gasteiger partial charge in [0.05, 0.1) is 17.6 Å². The molecule has 3 aromatic rings. The zero-order valence-corrected chi connectivity index (χ0v) is 13.3. The predicted molar refractivity (Wildman–Crippen MR) is 92.9 cm³/mol. The zero-order chi connectivity index (χ0) is 16.4. The van der Waals surface area contributed by atoms with Gasteiger partial charge in [-0.3, -0.25) is 10.1 Å². The fourth-order valence-corrected chi connectivity index (χ4v) is 3.07. The fraction of sp³-hybridized carbons (Fsp3) is 0.263. The van der Waals surface area contributed by atoms with Crippen LogP contribution in [0.2, 0.25) is 0 Å². The maximum absolute atomic E-state index is 12.4. The number of ether oxygens (including phenoxy) is 1. The first-order valence-corrected chi connectivity index (χ1v) is 8.23. The minimum atomic E-state index is -0.366. The number of hydrogen-bond acceptors (Lipinski definition) is 3. The normalized spacial score (nSPS) is 17.2. The van der Waals surface area contributed by atoms with Crippen LogP contribution in [0.4, 0.5) is 5.95 Å². The van der Waals surface area contributed by atoms with Gasteiger partial charge in [-0.05, 0) is 30.5 Å². The van der Waals surface area contributed by atoms with Crippen LogP contribution in [-0.2, 0) is 16.1 Å². The fourth-order valence-electron chi connectivity index (χ4n) is 3.07. The van der Waals surface area contributed by atoms with Crippen molar-refractivity contribution < 1.29 is 9.53 Å². The Kier molecular flexibility index (Phi) is 4.01. The first-order chi connectivity index (χ1) is 11.8. The molecule has 24 heavy (non-hydrogen) atoms. The lowest BCUT2D eigenvalue weighted by molar-refractivity contribution is -0.124. The third-order valence-electron chi connectivity index (χ3n) is 4.30. The summed E-state index contributed by atoms with van der Waals surface area (Å²) in [6.45, 7) is 1.31. The Hall–Kier alpha value is -2.66. The lowest BCUT2D eigenvalue weighted by Crippen LogP contribution is -2.28. The molecule has 1 aliphatic heterocycles. The largest absolute Gasteiger partial charge is 0.368 e. The van der Waals surface area contributed by atoms with Gasteiger partial charge in [-0.2, -0.15) is 0 Å². The molecule has 1 N–H and O–H groups in total. The maximum atomic E-state index is 12.4. The van der Waals surface area contributed by atoms with Gasteiger partial charge >= 0.3 is 0 Å². The number of rotatable bonds is 4. The lowest BCUT2D eigenvalue weighted by atomic mass is 10.2. The topological polar surface area (TPSA) is 56.2 Å². The second kappa shape index (κ2) is 6.45. The number of carbonyl (C=O) groups is 1. The van der Waals surface area contributed by atoms with E-state index < -0.39 is 0 Å². The van der Waals surface area contributed by atoms with Gasteiger partial charge in [-0.15, -0.1) is 0 Å². The third kappa shape index (κ3) is 2.90. The molecule has 2 heterocycles. The van der Waals surface area contributed by atoms with Crippen molar-refractivity contribution in [2.45, 2.75) is 25.5 Å². The number of imidazole rings is 1. The van der Waals surface area contributed by atoms with Gasteiger partial charge in [0.25, 0.3) is 5.91 Å². The molecule has 0 radical (unpaired) electrons. The van der Waals surface area contributed by atoms with E-state index in [4.69, 9.17) is 4.74 Å². The smallest absolute Gasteiger partial charge is 0.255 e. The number of hydrogen-bond donors (Lipinski definition) is 1. The molecule has 122 valence electrons. The van der Waals surface area contributed by atoms with Crippen molar-refractivity contribution in [1.82, 2.24) is 9.55 Å². The summed E-state index contributed by atoms with van der Waals surface area (Å²) in [5, 5.41) is 2.95. The van der Waals surface area contributed by atoms with Crippen LogP contribution >= 0.6 is 0 Å². The number of amides is 1. The molecule has 0 bridgehead atoms. The van der Waals surface area contributed by atoms with Crippen LogP contribution in [0.3, 0.4) is 0 Å². The standard InChI is InChI=1S/C19H19N3O2/c23-18(17-11-6-12-24-17)21-19-20-15-9-4-5-10-16(15)22(19)13-14-7-2-1-3-8-14/h1-5,7-10,17H,6,11-13H2,(H,20,21,23). The van der Waals surface area contributed by atoms with E-state index in [0.29, 0.717) is 19.1 Å². The number of para-hydroxylation sites is 2. The quantitative estimate of drug-likeness (QED) is 0.803. The summed E-state index contributed by atoms with van der Waals surface area (Å²) in [6, 6.07) is 18.1. The van der Waals surface area contributed by atoms with Gasteiger partial charge in [0.2, 0.25) is 5.95 Å². The Bertz CT molecular complexity index is 851. The SMILES string of the molecule is O=C(Nc1nc2ccccc2n1Cc1ccccc1)C1CCCO1. The molecule has 5 heteroatoms. The van der Waals surface area contributed by atoms with Crippen LogP contribution < -0.4 is 5.32 Å². The van der Waals surface area contributed by atoms with Crippen LogP contribution in [0.5, 0.6) is 0 Å². The van der Waals surface area contributed by atoms with E-state index in [9.17, 15) is 4.79 Å². The summed E-state index contributed by atoms with van der Waals surface area (Å²) in [7, 11) is 0. The van der Waals surface area contributed by atoms with E-state index in [1.54, 1.807) is 0 Å². The van der Waals surface area contributed by atoms with Crippen LogP contribution in [-0.4, -0.2) is 28.2 Å². The van der Waals surface area contributed by atoms with Crippen molar-refractivity contribution in [3.05, 3.63) is 60.2 Å². The Morgan fingerprint density at radius 3 is 2.75 bits per heavy atom. The lowest BCUT2D eigenvalue weighted by Gasteiger charge is -2.13. The molecule has 1 aromatic heterocycles. The second-order valence-electron chi connectivity index (χ2n) is 5.99. The highest BCUT2D eigenvalue weighted by molar-refractivity contribution is 5.94. The maximum Gasteiger partial charge on any atom is 0.255 e. The van der Waals surface area contributed by atoms with E-state index >= 15 is 0 Å². The monoisotopic (exact) mass is 321 g/mol. The first kappa shape index (κ1) is 14.9. The molecular weight excluding hydrogens is 302 g/mol. The van der Waals surface area contributed by atoms with E-state index in [0.717, 1.165) is 29.4 Å². The molecule has 1 fully saturated rings. The van der Waals surface area contributed by atoms with E-state index in [-0.39, 0.29) is 12.0 Å². The van der Waals surface area contributed by atoms with Crippen LogP contribution in [0.1, 0.15) is 18.4 Å². The van der Waals surface area contributed by atoms with Crippen LogP contribution in [0.25, 0.3) is 11.0 Å². The summed E-state index contributed by atoms with van der Waals surface area (Å²) >= 11 is 0. The number of fused-ring (bicyclic) bond motifs is 1. The van der Waals surface area contributed by atoms with E-state index in [1.165, 1.54) is 0 Å². The van der Waals surface area contributed by atoms with Crippen molar-refractivity contribution in [3.63, 3.8) is 0 Å². The molecule has 1 unspecified atom stereocenters. The van der Waals surface area contributed by atoms with Gasteiger partial charge in [-0.1, -0.05) is 42.5 Å². The van der Waals surface area contributed by atoms with Crippen molar-refractivity contribution in [2.24, 2.45) is 0 Å². The number of benzene rings is 2. The molecule has 1 atom stereocenters. The average molecular weight is 321 g/mol. The van der Waals surface area contributed by atoms with Crippen molar-refractivity contribution in [3.8, 4) is 0 Å². The number of carbonyl (C=O) groups excluding carboxylic acids is 1. The van der Waals surface area contributed by atoms with Crippen molar-refractivity contribution in [1.29, 1.82) is 0 Å². The summed E-state index contributed by atoms with van der Waals surface area (Å²) in [4.78, 5) is 17.0. The predicted octanol–water partition coefficient (Wildman–Crippen LogP) is 3.20. The van der Waals surface area contributed by atoms with Crippen LogP contribution in [0.15, 0.2) is 54.6 Å². The summed E-state index contributed by atoms with van der Waals surface area (Å²) in [5.74, 6) is 0.456. The highest BCUT2D eigenvalue weighted by Crippen LogP contribution is 2.22. The minimum absolute atomic E-state index is 0.114. The molecule has 1 amide bonds. The highest BCUT2D eigenvalue weighted by Gasteiger charge is 2.25. The van der Waals surface area contributed by atoms with Crippen LogP contribution in [0, 0.1) is 0 Å². The molecule has 0 saturated carbocycles. The van der Waals surface area contributed by atoms with E-state index in [1.807, 2.05) is 47.0 Å². The molecule has 1 saturated heterocycles. The minimum Gasteiger partial charge on any atom is -0.368 e. The van der Waals surface area contributed by atoms with Gasteiger partial charge in [0.15, 0.2) is 0 Å². The summed E-state index contributed by atoms with van der Waals surface area (Å²) in [5.41, 5.74) is 3.04. The van der Waals surface area contributed by atoms with Crippen molar-refractivity contribution in [2.75, 3.05) is 11.9 Å². The second-order valence-corrected chi connectivity index (χ2v) is 5.99. The number of nitrogens with zero attached hydrogens (tertiary/aromatic N) is 2. The Morgan fingerprint density at radius 1 is 1.17 bits per heavy atom. The summed E-state index contributed by atoms with van der Waals surface area (Å²) in [6.07, 6.45) is 1.33.